The molecule has 1 fully saturated rings. The molecule has 0 saturated carbocycles. The van der Waals surface area contributed by atoms with Gasteiger partial charge in [-0.1, -0.05) is 0 Å². The van der Waals surface area contributed by atoms with Crippen molar-refractivity contribution in [2.45, 2.75) is 37.4 Å². The van der Waals surface area contributed by atoms with E-state index in [1.807, 2.05) is 0 Å². The van der Waals surface area contributed by atoms with Crippen LogP contribution in [0.1, 0.15) is 28.9 Å². The number of carbonyl (C=O) groups is 1. The Morgan fingerprint density at radius 2 is 1.87 bits per heavy atom. The van der Waals surface area contributed by atoms with Crippen molar-refractivity contribution < 1.29 is 39.8 Å². The van der Waals surface area contributed by atoms with Crippen LogP contribution in [0.25, 0.3) is 0 Å². The van der Waals surface area contributed by atoms with E-state index in [0.29, 0.717) is 0 Å². The molecule has 5 unspecified atom stereocenters. The van der Waals surface area contributed by atoms with E-state index in [4.69, 9.17) is 9.47 Å². The van der Waals surface area contributed by atoms with Gasteiger partial charge in [0, 0.05) is 11.6 Å². The Morgan fingerprint density at radius 1 is 1.22 bits per heavy atom. The maximum absolute atomic E-state index is 11.6. The topological polar surface area (TPSA) is 137 Å². The number of carbonyl (C=O) groups excluding carboxylic acids is 1. The minimum absolute atomic E-state index is 0.00207. The molecule has 0 radical (unpaired) electrons. The molecule has 1 heterocycles. The average molecular weight is 328 g/mol. The molecule has 0 aliphatic carbocycles. The summed E-state index contributed by atoms with van der Waals surface area (Å²) < 4.78 is 10.6. The van der Waals surface area contributed by atoms with Crippen LogP contribution in [0.5, 0.6) is 11.5 Å². The number of hydrogen-bond acceptors (Lipinski definition) is 8. The second-order valence-corrected chi connectivity index (χ2v) is 5.42. The van der Waals surface area contributed by atoms with Crippen molar-refractivity contribution in [1.82, 2.24) is 0 Å². The highest BCUT2D eigenvalue weighted by atomic mass is 16.5. The van der Waals surface area contributed by atoms with Crippen LogP contribution in [0.4, 0.5) is 0 Å². The number of aliphatic hydroxyl groups excluding tert-OH is 4. The molecule has 8 nitrogen and oxygen atoms in total. The first-order valence-corrected chi connectivity index (χ1v) is 7.04. The van der Waals surface area contributed by atoms with E-state index >= 15 is 0 Å². The third-order valence-electron chi connectivity index (χ3n) is 3.93. The maximum Gasteiger partial charge on any atom is 0.163 e. The molecule has 1 aliphatic heterocycles. The lowest BCUT2D eigenvalue weighted by Gasteiger charge is -2.40. The molecular weight excluding hydrogens is 308 g/mol. The number of phenolic OH excluding ortho intramolecular Hbond substituents is 1. The number of rotatable bonds is 4. The van der Waals surface area contributed by atoms with E-state index in [0.717, 1.165) is 0 Å². The van der Waals surface area contributed by atoms with Crippen LogP contribution in [-0.4, -0.2) is 69.4 Å². The van der Waals surface area contributed by atoms with Crippen LogP contribution < -0.4 is 4.74 Å². The molecule has 1 saturated heterocycles. The van der Waals surface area contributed by atoms with Gasteiger partial charge < -0.3 is 35.0 Å². The van der Waals surface area contributed by atoms with Crippen molar-refractivity contribution in [3.8, 4) is 11.5 Å². The van der Waals surface area contributed by atoms with Crippen molar-refractivity contribution >= 4 is 5.78 Å². The van der Waals surface area contributed by atoms with Gasteiger partial charge in [0.2, 0.25) is 0 Å². The third-order valence-corrected chi connectivity index (χ3v) is 3.93. The number of benzene rings is 1. The van der Waals surface area contributed by atoms with Crippen molar-refractivity contribution in [3.63, 3.8) is 0 Å². The van der Waals surface area contributed by atoms with Crippen LogP contribution in [0.15, 0.2) is 12.1 Å². The van der Waals surface area contributed by atoms with Gasteiger partial charge in [0.05, 0.1) is 19.3 Å². The molecule has 23 heavy (non-hydrogen) atoms. The van der Waals surface area contributed by atoms with Gasteiger partial charge in [0.25, 0.3) is 0 Å². The van der Waals surface area contributed by atoms with E-state index in [2.05, 4.69) is 0 Å². The SMILES string of the molecule is COc1cc(O)c(C(C)=O)cc1C1OC(CO)C(O)C(O)C1O. The standard InChI is InChI=1S/C15H20O8/c1-6(17)7-3-8(10(22-2)4-9(7)18)15-14(21)13(20)12(19)11(5-16)23-15/h3-4,11-16,18-21H,5H2,1-2H3. The molecule has 0 amide bonds. The molecular formula is C15H20O8. The predicted molar refractivity (Wildman–Crippen MR) is 77.4 cm³/mol. The Bertz CT molecular complexity index is 585. The highest BCUT2D eigenvalue weighted by Crippen LogP contribution is 2.39. The number of aromatic hydroxyl groups is 1. The highest BCUT2D eigenvalue weighted by molar-refractivity contribution is 5.97. The van der Waals surface area contributed by atoms with Gasteiger partial charge in [0.1, 0.15) is 42.0 Å². The lowest BCUT2D eigenvalue weighted by Crippen LogP contribution is -2.55. The summed E-state index contributed by atoms with van der Waals surface area (Å²) in [4.78, 5) is 11.6. The molecule has 0 bridgehead atoms. The number of hydrogen-bond donors (Lipinski definition) is 5. The van der Waals surface area contributed by atoms with E-state index in [1.54, 1.807) is 0 Å². The van der Waals surface area contributed by atoms with E-state index < -0.39 is 42.9 Å². The van der Waals surface area contributed by atoms with Crippen LogP contribution in [0, 0.1) is 0 Å². The number of ketones is 1. The fraction of sp³-hybridized carbons (Fsp3) is 0.533. The molecule has 2 rings (SSSR count). The van der Waals surface area contributed by atoms with Gasteiger partial charge in [-0.3, -0.25) is 4.79 Å². The Balaban J connectivity index is 2.50. The summed E-state index contributed by atoms with van der Waals surface area (Å²) in [5.74, 6) is -0.560. The van der Waals surface area contributed by atoms with Crippen molar-refractivity contribution in [2.24, 2.45) is 0 Å². The number of ether oxygens (including phenoxy) is 2. The largest absolute Gasteiger partial charge is 0.507 e. The smallest absolute Gasteiger partial charge is 0.163 e. The van der Waals surface area contributed by atoms with E-state index in [-0.39, 0.29) is 22.6 Å². The summed E-state index contributed by atoms with van der Waals surface area (Å²) in [6.45, 7) is 0.694. The van der Waals surface area contributed by atoms with Crippen LogP contribution in [-0.2, 0) is 4.74 Å². The van der Waals surface area contributed by atoms with Crippen LogP contribution >= 0.6 is 0 Å². The van der Waals surface area contributed by atoms with Crippen molar-refractivity contribution in [1.29, 1.82) is 0 Å². The Labute approximate surface area is 132 Å². The fourth-order valence-electron chi connectivity index (χ4n) is 2.63. The summed E-state index contributed by atoms with van der Waals surface area (Å²) in [6.07, 6.45) is -6.78. The summed E-state index contributed by atoms with van der Waals surface area (Å²) in [5.41, 5.74) is 0.213. The Morgan fingerprint density at radius 3 is 2.39 bits per heavy atom. The van der Waals surface area contributed by atoms with Crippen LogP contribution in [0.3, 0.4) is 0 Å². The monoisotopic (exact) mass is 328 g/mol. The maximum atomic E-state index is 11.6. The van der Waals surface area contributed by atoms with Gasteiger partial charge in [-0.15, -0.1) is 0 Å². The second kappa shape index (κ2) is 6.81. The molecule has 0 aromatic heterocycles. The van der Waals surface area contributed by atoms with Gasteiger partial charge in [-0.2, -0.15) is 0 Å². The van der Waals surface area contributed by atoms with Gasteiger partial charge in [0.15, 0.2) is 5.78 Å². The summed E-state index contributed by atoms with van der Waals surface area (Å²) in [6, 6.07) is 2.50. The first kappa shape index (κ1) is 17.6. The van der Waals surface area contributed by atoms with Crippen molar-refractivity contribution in [3.05, 3.63) is 23.3 Å². The molecule has 1 aliphatic rings. The normalized spacial score (nSPS) is 31.0. The third kappa shape index (κ3) is 3.17. The van der Waals surface area contributed by atoms with E-state index in [9.17, 15) is 30.3 Å². The van der Waals surface area contributed by atoms with E-state index in [1.165, 1.54) is 26.2 Å². The predicted octanol–water partition coefficient (Wildman–Crippen LogP) is -0.882. The quantitative estimate of drug-likeness (QED) is 0.449. The Hall–Kier alpha value is -1.71. The van der Waals surface area contributed by atoms with Gasteiger partial charge >= 0.3 is 0 Å². The first-order chi connectivity index (χ1) is 10.8. The molecule has 1 aromatic rings. The molecule has 1 aromatic carbocycles. The number of Topliss-reactive ketones (excluding diaryl/α,β-unsaturated/α-hetero) is 1. The van der Waals surface area contributed by atoms with Gasteiger partial charge in [-0.05, 0) is 13.0 Å². The van der Waals surface area contributed by atoms with Gasteiger partial charge in [-0.25, -0.2) is 0 Å². The molecule has 0 spiro atoms. The Kier molecular flexibility index (Phi) is 5.23. The average Bonchev–Trinajstić information content (AvgIpc) is 2.52. The lowest BCUT2D eigenvalue weighted by molar-refractivity contribution is -0.232. The summed E-state index contributed by atoms with van der Waals surface area (Å²) in [7, 11) is 1.33. The number of aliphatic hydroxyl groups is 4. The van der Waals surface area contributed by atoms with Crippen molar-refractivity contribution in [2.75, 3.05) is 13.7 Å². The molecule has 8 heteroatoms. The molecule has 5 atom stereocenters. The summed E-state index contributed by atoms with van der Waals surface area (Å²) >= 11 is 0. The second-order valence-electron chi connectivity index (χ2n) is 5.42. The number of methoxy groups -OCH3 is 1. The highest BCUT2D eigenvalue weighted by Gasteiger charge is 2.45. The lowest BCUT2D eigenvalue weighted by atomic mass is 9.89. The molecule has 128 valence electrons. The zero-order chi connectivity index (χ0) is 17.3. The minimum atomic E-state index is -1.55. The zero-order valence-corrected chi connectivity index (χ0v) is 12.7. The summed E-state index contributed by atoms with van der Waals surface area (Å²) in [5, 5.41) is 48.9. The number of phenols is 1. The van der Waals surface area contributed by atoms with Crippen LogP contribution in [0.2, 0.25) is 0 Å². The zero-order valence-electron chi connectivity index (χ0n) is 12.7. The fourth-order valence-corrected chi connectivity index (χ4v) is 2.63. The first-order valence-electron chi connectivity index (χ1n) is 7.04. The minimum Gasteiger partial charge on any atom is -0.507 e. The molecule has 5 N–H and O–H groups in total.